The number of anilines is 1. The lowest BCUT2D eigenvalue weighted by molar-refractivity contribution is 0.249. The molecule has 1 N–H and O–H groups in total. The van der Waals surface area contributed by atoms with Crippen LogP contribution in [0, 0.1) is 0 Å². The third-order valence-corrected chi connectivity index (χ3v) is 4.37. The maximum atomic E-state index is 9.08. The van der Waals surface area contributed by atoms with Crippen molar-refractivity contribution >= 4 is 17.3 Å². The van der Waals surface area contributed by atoms with Crippen molar-refractivity contribution < 1.29 is 5.11 Å². The molecule has 0 atom stereocenters. The number of pyridine rings is 1. The molecule has 5 heteroatoms. The lowest BCUT2D eigenvalue weighted by atomic mass is 10.1. The van der Waals surface area contributed by atoms with Crippen LogP contribution in [0.4, 0.5) is 5.69 Å². The smallest absolute Gasteiger partial charge is 0.0822 e. The van der Waals surface area contributed by atoms with Gasteiger partial charge in [0, 0.05) is 45.1 Å². The predicted octanol–water partition coefficient (Wildman–Crippen LogP) is 2.55. The van der Waals surface area contributed by atoms with E-state index < -0.39 is 0 Å². The van der Waals surface area contributed by atoms with Gasteiger partial charge in [0.25, 0.3) is 0 Å². The van der Waals surface area contributed by atoms with E-state index in [9.17, 15) is 0 Å². The molecule has 1 saturated heterocycles. The van der Waals surface area contributed by atoms with Gasteiger partial charge < -0.3 is 10.0 Å². The first kappa shape index (κ1) is 15.3. The van der Waals surface area contributed by atoms with Gasteiger partial charge >= 0.3 is 0 Å². The zero-order chi connectivity index (χ0) is 15.4. The molecule has 1 aromatic carbocycles. The van der Waals surface area contributed by atoms with Crippen LogP contribution < -0.4 is 4.90 Å². The highest BCUT2D eigenvalue weighted by Gasteiger charge is 2.18. The van der Waals surface area contributed by atoms with E-state index in [-0.39, 0.29) is 6.61 Å². The molecule has 0 bridgehead atoms. The molecule has 2 heterocycles. The average Bonchev–Trinajstić information content (AvgIpc) is 2.57. The maximum Gasteiger partial charge on any atom is 0.0822 e. The predicted molar refractivity (Wildman–Crippen MR) is 89.1 cm³/mol. The van der Waals surface area contributed by atoms with E-state index in [1.807, 2.05) is 18.2 Å². The molecule has 116 valence electrons. The quantitative estimate of drug-likeness (QED) is 0.940. The fourth-order valence-corrected chi connectivity index (χ4v) is 3.02. The molecule has 2 aromatic rings. The topological polar surface area (TPSA) is 39.6 Å². The number of aromatic nitrogens is 1. The van der Waals surface area contributed by atoms with Gasteiger partial charge in [-0.05, 0) is 17.2 Å². The third kappa shape index (κ3) is 3.58. The normalized spacial score (nSPS) is 16.0. The number of aliphatic hydroxyl groups is 1. The zero-order valence-corrected chi connectivity index (χ0v) is 13.2. The van der Waals surface area contributed by atoms with Crippen molar-refractivity contribution in [2.24, 2.45) is 0 Å². The highest BCUT2D eigenvalue weighted by atomic mass is 35.5. The highest BCUT2D eigenvalue weighted by molar-refractivity contribution is 6.33. The summed E-state index contributed by atoms with van der Waals surface area (Å²) in [6.07, 6.45) is 3.49. The molecule has 1 aromatic heterocycles. The summed E-state index contributed by atoms with van der Waals surface area (Å²) in [6, 6.07) is 10.1. The van der Waals surface area contributed by atoms with E-state index in [4.69, 9.17) is 16.7 Å². The first-order valence-corrected chi connectivity index (χ1v) is 7.89. The summed E-state index contributed by atoms with van der Waals surface area (Å²) in [4.78, 5) is 8.80. The van der Waals surface area contributed by atoms with Gasteiger partial charge in [-0.1, -0.05) is 35.9 Å². The van der Waals surface area contributed by atoms with Gasteiger partial charge in [0.05, 0.1) is 17.3 Å². The number of aliphatic hydroxyl groups excluding tert-OH is 1. The Morgan fingerprint density at radius 1 is 1.00 bits per heavy atom. The van der Waals surface area contributed by atoms with E-state index in [0.717, 1.165) is 49.0 Å². The number of hydrogen-bond donors (Lipinski definition) is 1. The monoisotopic (exact) mass is 317 g/mol. The summed E-state index contributed by atoms with van der Waals surface area (Å²) in [7, 11) is 0. The SMILES string of the molecule is OCc1ccc(CN2CCN(c3ccncc3Cl)CC2)cc1. The van der Waals surface area contributed by atoms with Crippen LogP contribution in [-0.4, -0.2) is 41.2 Å². The second kappa shape index (κ2) is 7.09. The maximum absolute atomic E-state index is 9.08. The summed E-state index contributed by atoms with van der Waals surface area (Å²) < 4.78 is 0. The number of piperazine rings is 1. The van der Waals surface area contributed by atoms with Crippen LogP contribution in [0.15, 0.2) is 42.7 Å². The van der Waals surface area contributed by atoms with Crippen molar-refractivity contribution in [3.05, 3.63) is 58.9 Å². The molecule has 0 saturated carbocycles. The number of benzene rings is 1. The Kier molecular flexibility index (Phi) is 4.93. The second-order valence-electron chi connectivity index (χ2n) is 5.56. The molecule has 4 nitrogen and oxygen atoms in total. The summed E-state index contributed by atoms with van der Waals surface area (Å²) in [5.74, 6) is 0. The third-order valence-electron chi connectivity index (χ3n) is 4.08. The number of nitrogens with zero attached hydrogens (tertiary/aromatic N) is 3. The molecule has 22 heavy (non-hydrogen) atoms. The molecule has 0 radical (unpaired) electrons. The van der Waals surface area contributed by atoms with E-state index in [2.05, 4.69) is 26.9 Å². The van der Waals surface area contributed by atoms with Crippen molar-refractivity contribution in [2.45, 2.75) is 13.2 Å². The molecule has 0 aliphatic carbocycles. The molecule has 0 amide bonds. The van der Waals surface area contributed by atoms with Crippen LogP contribution in [0.2, 0.25) is 5.02 Å². The Morgan fingerprint density at radius 3 is 2.32 bits per heavy atom. The van der Waals surface area contributed by atoms with Gasteiger partial charge in [0.15, 0.2) is 0 Å². The zero-order valence-electron chi connectivity index (χ0n) is 12.5. The minimum atomic E-state index is 0.103. The van der Waals surface area contributed by atoms with Gasteiger partial charge in [0.1, 0.15) is 0 Å². The van der Waals surface area contributed by atoms with Crippen LogP contribution in [0.1, 0.15) is 11.1 Å². The van der Waals surface area contributed by atoms with Crippen LogP contribution in [0.25, 0.3) is 0 Å². The van der Waals surface area contributed by atoms with E-state index in [0.29, 0.717) is 0 Å². The summed E-state index contributed by atoms with van der Waals surface area (Å²) >= 11 is 6.21. The fourth-order valence-electron chi connectivity index (χ4n) is 2.78. The van der Waals surface area contributed by atoms with Crippen LogP contribution >= 0.6 is 11.6 Å². The fraction of sp³-hybridized carbons (Fsp3) is 0.353. The first-order valence-electron chi connectivity index (χ1n) is 7.52. The molecule has 1 aliphatic heterocycles. The van der Waals surface area contributed by atoms with Gasteiger partial charge in [-0.25, -0.2) is 0 Å². The number of hydrogen-bond acceptors (Lipinski definition) is 4. The van der Waals surface area contributed by atoms with Gasteiger partial charge in [0.2, 0.25) is 0 Å². The molecule has 1 aliphatic rings. The Labute approximate surface area is 136 Å². The standard InChI is InChI=1S/C17H20ClN3O/c18-16-11-19-6-5-17(16)21-9-7-20(8-10-21)12-14-1-3-15(13-22)4-2-14/h1-6,11,22H,7-10,12-13H2. The Morgan fingerprint density at radius 2 is 1.68 bits per heavy atom. The molecule has 3 rings (SSSR count). The van der Waals surface area contributed by atoms with Gasteiger partial charge in [-0.2, -0.15) is 0 Å². The Balaban J connectivity index is 1.56. The van der Waals surface area contributed by atoms with E-state index in [1.165, 1.54) is 5.56 Å². The molecular weight excluding hydrogens is 298 g/mol. The largest absolute Gasteiger partial charge is 0.392 e. The van der Waals surface area contributed by atoms with Gasteiger partial charge in [-0.15, -0.1) is 0 Å². The van der Waals surface area contributed by atoms with Crippen LogP contribution in [0.5, 0.6) is 0 Å². The van der Waals surface area contributed by atoms with Crippen molar-refractivity contribution in [1.29, 1.82) is 0 Å². The molecule has 0 unspecified atom stereocenters. The molecule has 1 fully saturated rings. The highest BCUT2D eigenvalue weighted by Crippen LogP contribution is 2.25. The number of halogens is 1. The van der Waals surface area contributed by atoms with Crippen molar-refractivity contribution in [2.75, 3.05) is 31.1 Å². The Bertz CT molecular complexity index is 610. The minimum Gasteiger partial charge on any atom is -0.392 e. The summed E-state index contributed by atoms with van der Waals surface area (Å²) in [5, 5.41) is 9.80. The van der Waals surface area contributed by atoms with E-state index in [1.54, 1.807) is 12.4 Å². The van der Waals surface area contributed by atoms with Crippen molar-refractivity contribution in [1.82, 2.24) is 9.88 Å². The minimum absolute atomic E-state index is 0.103. The Hall–Kier alpha value is -1.62. The van der Waals surface area contributed by atoms with Crippen molar-refractivity contribution in [3.8, 4) is 0 Å². The van der Waals surface area contributed by atoms with Crippen LogP contribution in [0.3, 0.4) is 0 Å². The molecule has 0 spiro atoms. The first-order chi connectivity index (χ1) is 10.8. The van der Waals surface area contributed by atoms with Crippen LogP contribution in [-0.2, 0) is 13.2 Å². The average molecular weight is 318 g/mol. The summed E-state index contributed by atoms with van der Waals surface area (Å²) in [6.45, 7) is 5.02. The van der Waals surface area contributed by atoms with E-state index >= 15 is 0 Å². The van der Waals surface area contributed by atoms with Crippen molar-refractivity contribution in [3.63, 3.8) is 0 Å². The second-order valence-corrected chi connectivity index (χ2v) is 5.97. The lowest BCUT2D eigenvalue weighted by Crippen LogP contribution is -2.46. The molecular formula is C17H20ClN3O. The van der Waals surface area contributed by atoms with Gasteiger partial charge in [-0.3, -0.25) is 9.88 Å². The summed E-state index contributed by atoms with van der Waals surface area (Å²) in [5.41, 5.74) is 3.32. The lowest BCUT2D eigenvalue weighted by Gasteiger charge is -2.36. The number of rotatable bonds is 4.